The fourth-order valence-corrected chi connectivity index (χ4v) is 0.634. The maximum atomic E-state index is 11.3. The second-order valence-corrected chi connectivity index (χ2v) is 4.82. The van der Waals surface area contributed by atoms with Crippen molar-refractivity contribution in [2.45, 2.75) is 40.7 Å². The number of carbonyl (C=O) groups excluding carboxylic acids is 1. The summed E-state index contributed by atoms with van der Waals surface area (Å²) in [5, 5.41) is 0. The highest BCUT2D eigenvalue weighted by molar-refractivity contribution is 5.72. The van der Waals surface area contributed by atoms with Crippen molar-refractivity contribution < 1.29 is 9.53 Å². The van der Waals surface area contributed by atoms with Crippen LogP contribution in [0.5, 0.6) is 0 Å². The van der Waals surface area contributed by atoms with E-state index in [0.717, 1.165) is 0 Å². The first-order valence-corrected chi connectivity index (χ1v) is 4.66. The number of hydrogen-bond acceptors (Lipinski definition) is 3. The summed E-state index contributed by atoms with van der Waals surface area (Å²) in [5.74, 6) is -0.424. The van der Waals surface area contributed by atoms with Gasteiger partial charge in [0.05, 0.1) is 12.5 Å². The van der Waals surface area contributed by atoms with Crippen molar-refractivity contribution in [3.05, 3.63) is 0 Å². The third kappa shape index (κ3) is 5.64. The quantitative estimate of drug-likeness (QED) is 0.682. The van der Waals surface area contributed by atoms with Crippen molar-refractivity contribution in [3.8, 4) is 0 Å². The second-order valence-electron chi connectivity index (χ2n) is 4.82. The highest BCUT2D eigenvalue weighted by Crippen LogP contribution is 2.14. The fraction of sp³-hybridized carbons (Fsp3) is 0.900. The van der Waals surface area contributed by atoms with Gasteiger partial charge in [-0.2, -0.15) is 0 Å². The Kier molecular flexibility index (Phi) is 4.40. The molecule has 13 heavy (non-hydrogen) atoms. The minimum Gasteiger partial charge on any atom is -0.465 e. The molecule has 2 N–H and O–H groups in total. The molecule has 2 atom stereocenters. The van der Waals surface area contributed by atoms with E-state index in [1.807, 2.05) is 27.7 Å². The zero-order valence-corrected chi connectivity index (χ0v) is 9.26. The molecule has 0 aliphatic carbocycles. The molecule has 0 aromatic heterocycles. The highest BCUT2D eigenvalue weighted by Gasteiger charge is 2.21. The highest BCUT2D eigenvalue weighted by atomic mass is 16.5. The van der Waals surface area contributed by atoms with Gasteiger partial charge in [0, 0.05) is 6.04 Å². The van der Waals surface area contributed by atoms with Crippen molar-refractivity contribution in [1.82, 2.24) is 0 Å². The van der Waals surface area contributed by atoms with Crippen LogP contribution < -0.4 is 5.73 Å². The van der Waals surface area contributed by atoms with E-state index < -0.39 is 0 Å². The van der Waals surface area contributed by atoms with E-state index in [2.05, 4.69) is 0 Å². The van der Waals surface area contributed by atoms with Crippen LogP contribution in [0.1, 0.15) is 34.6 Å². The predicted molar refractivity (Wildman–Crippen MR) is 53.2 cm³/mol. The zero-order chi connectivity index (χ0) is 10.6. The predicted octanol–water partition coefficient (Wildman–Crippen LogP) is 1.56. The zero-order valence-electron chi connectivity index (χ0n) is 9.26. The first-order valence-electron chi connectivity index (χ1n) is 4.66. The van der Waals surface area contributed by atoms with Crippen molar-refractivity contribution in [2.75, 3.05) is 6.61 Å². The van der Waals surface area contributed by atoms with Crippen molar-refractivity contribution in [3.63, 3.8) is 0 Å². The topological polar surface area (TPSA) is 52.3 Å². The average molecular weight is 187 g/mol. The molecule has 0 amide bonds. The van der Waals surface area contributed by atoms with Crippen LogP contribution in [0.25, 0.3) is 0 Å². The fourth-order valence-electron chi connectivity index (χ4n) is 0.634. The Balaban J connectivity index is 3.89. The van der Waals surface area contributed by atoms with Gasteiger partial charge in [0.1, 0.15) is 0 Å². The first kappa shape index (κ1) is 12.4. The molecule has 0 aliphatic rings. The van der Waals surface area contributed by atoms with Gasteiger partial charge in [0.2, 0.25) is 0 Å². The first-order chi connectivity index (χ1) is 5.74. The number of hydrogen-bond donors (Lipinski definition) is 1. The molecule has 0 heterocycles. The summed E-state index contributed by atoms with van der Waals surface area (Å²) in [4.78, 5) is 11.3. The largest absolute Gasteiger partial charge is 0.465 e. The molecule has 0 fully saturated rings. The minimum absolute atomic E-state index is 0.0210. The number of nitrogens with two attached hydrogens (primary N) is 1. The van der Waals surface area contributed by atoms with Gasteiger partial charge in [0.25, 0.3) is 0 Å². The lowest BCUT2D eigenvalue weighted by atomic mass is 9.98. The maximum Gasteiger partial charge on any atom is 0.310 e. The van der Waals surface area contributed by atoms with E-state index in [9.17, 15) is 4.79 Å². The summed E-state index contributed by atoms with van der Waals surface area (Å²) in [6.07, 6.45) is 0. The molecule has 0 aromatic rings. The van der Waals surface area contributed by atoms with Gasteiger partial charge < -0.3 is 10.5 Å². The molecule has 0 bridgehead atoms. The molecule has 0 aliphatic heterocycles. The van der Waals surface area contributed by atoms with E-state index >= 15 is 0 Å². The lowest BCUT2D eigenvalue weighted by Gasteiger charge is -2.20. The number of esters is 1. The van der Waals surface area contributed by atoms with Gasteiger partial charge in [-0.3, -0.25) is 4.79 Å². The molecule has 0 spiro atoms. The van der Waals surface area contributed by atoms with Crippen LogP contribution in [0.3, 0.4) is 0 Å². The Labute approximate surface area is 80.6 Å². The Morgan fingerprint density at radius 2 is 1.85 bits per heavy atom. The molecule has 0 aromatic carbocycles. The van der Waals surface area contributed by atoms with Crippen LogP contribution in [0.15, 0.2) is 0 Å². The van der Waals surface area contributed by atoms with Crippen molar-refractivity contribution in [1.29, 1.82) is 0 Å². The molecule has 78 valence electrons. The van der Waals surface area contributed by atoms with Gasteiger partial charge in [0.15, 0.2) is 0 Å². The van der Waals surface area contributed by atoms with Crippen molar-refractivity contribution in [2.24, 2.45) is 17.1 Å². The normalized spacial score (nSPS) is 16.5. The van der Waals surface area contributed by atoms with Crippen LogP contribution >= 0.6 is 0 Å². The molecular formula is C10H21NO2. The van der Waals surface area contributed by atoms with Crippen LogP contribution in [-0.2, 0) is 9.53 Å². The Morgan fingerprint density at radius 3 is 2.15 bits per heavy atom. The van der Waals surface area contributed by atoms with Gasteiger partial charge in [-0.1, -0.05) is 27.7 Å². The van der Waals surface area contributed by atoms with Crippen LogP contribution in [0.4, 0.5) is 0 Å². The van der Waals surface area contributed by atoms with Gasteiger partial charge in [-0.25, -0.2) is 0 Å². The third-order valence-electron chi connectivity index (χ3n) is 1.81. The van der Waals surface area contributed by atoms with Crippen LogP contribution in [-0.4, -0.2) is 18.6 Å². The Hall–Kier alpha value is -0.570. The molecular weight excluding hydrogens is 166 g/mol. The smallest absolute Gasteiger partial charge is 0.310 e. The SMILES string of the molecule is CC(C(=O)OCC(C)(C)C)[C@H](C)N. The molecule has 3 nitrogen and oxygen atoms in total. The average Bonchev–Trinajstić information content (AvgIpc) is 1.97. The molecule has 0 rings (SSSR count). The van der Waals surface area contributed by atoms with Crippen molar-refractivity contribution >= 4 is 5.97 Å². The Bertz CT molecular complexity index is 170. The number of ether oxygens (including phenoxy) is 1. The van der Waals surface area contributed by atoms with E-state index in [1.165, 1.54) is 0 Å². The molecule has 3 heteroatoms. The van der Waals surface area contributed by atoms with Gasteiger partial charge in [-0.15, -0.1) is 0 Å². The molecule has 0 saturated carbocycles. The number of rotatable bonds is 3. The van der Waals surface area contributed by atoms with Gasteiger partial charge in [-0.05, 0) is 12.3 Å². The van der Waals surface area contributed by atoms with E-state index in [4.69, 9.17) is 10.5 Å². The lowest BCUT2D eigenvalue weighted by Crippen LogP contribution is -2.33. The second kappa shape index (κ2) is 4.61. The van der Waals surface area contributed by atoms with E-state index in [-0.39, 0.29) is 23.3 Å². The summed E-state index contributed by atoms with van der Waals surface area (Å²) < 4.78 is 5.11. The summed E-state index contributed by atoms with van der Waals surface area (Å²) in [5.41, 5.74) is 5.60. The summed E-state index contributed by atoms with van der Waals surface area (Å²) in [6.45, 7) is 10.1. The van der Waals surface area contributed by atoms with Crippen LogP contribution in [0, 0.1) is 11.3 Å². The maximum absolute atomic E-state index is 11.3. The molecule has 1 unspecified atom stereocenters. The monoisotopic (exact) mass is 187 g/mol. The van der Waals surface area contributed by atoms with E-state index in [1.54, 1.807) is 6.92 Å². The van der Waals surface area contributed by atoms with E-state index in [0.29, 0.717) is 6.61 Å². The third-order valence-corrected chi connectivity index (χ3v) is 1.81. The Morgan fingerprint density at radius 1 is 1.38 bits per heavy atom. The van der Waals surface area contributed by atoms with Crippen LogP contribution in [0.2, 0.25) is 0 Å². The molecule has 0 radical (unpaired) electrons. The summed E-state index contributed by atoms with van der Waals surface area (Å²) in [6, 6.07) is -0.146. The lowest BCUT2D eigenvalue weighted by molar-refractivity contribution is -0.151. The summed E-state index contributed by atoms with van der Waals surface area (Å²) in [7, 11) is 0. The minimum atomic E-state index is -0.220. The standard InChI is InChI=1S/C10H21NO2/c1-7(8(2)11)9(12)13-6-10(3,4)5/h7-8H,6,11H2,1-5H3/t7?,8-/m0/s1. The molecule has 0 saturated heterocycles. The van der Waals surface area contributed by atoms with Gasteiger partial charge >= 0.3 is 5.97 Å². The number of carbonyl (C=O) groups is 1. The summed E-state index contributed by atoms with van der Waals surface area (Å²) >= 11 is 0.